The molecule has 168 valence electrons. The first-order valence-electron chi connectivity index (χ1n) is 10.4. The Hall–Kier alpha value is -3.91. The highest BCUT2D eigenvalue weighted by molar-refractivity contribution is 7.71. The molecule has 33 heavy (non-hydrogen) atoms. The molecule has 0 aliphatic rings. The number of carbonyl (C=O) groups is 1. The Morgan fingerprint density at radius 2 is 1.82 bits per heavy atom. The Morgan fingerprint density at radius 1 is 1.03 bits per heavy atom. The number of ether oxygens (including phenoxy) is 2. The van der Waals surface area contributed by atoms with E-state index < -0.39 is 0 Å². The molecule has 0 bridgehead atoms. The van der Waals surface area contributed by atoms with Gasteiger partial charge in [0.1, 0.15) is 11.5 Å². The zero-order chi connectivity index (χ0) is 23.4. The smallest absolute Gasteiger partial charge is 0.266 e. The van der Waals surface area contributed by atoms with Gasteiger partial charge in [0.15, 0.2) is 4.77 Å². The van der Waals surface area contributed by atoms with Crippen LogP contribution in [0.5, 0.6) is 11.5 Å². The largest absolute Gasteiger partial charge is 0.497 e. The van der Waals surface area contributed by atoms with Crippen LogP contribution < -0.4 is 20.3 Å². The molecular weight excluding hydrogens is 438 g/mol. The fourth-order valence-electron chi connectivity index (χ4n) is 3.61. The summed E-state index contributed by atoms with van der Waals surface area (Å²) in [6.07, 6.45) is 0.733. The van der Waals surface area contributed by atoms with E-state index in [9.17, 15) is 9.59 Å². The number of nitrogens with one attached hydrogen (secondary N) is 2. The average molecular weight is 462 g/mol. The molecule has 4 aromatic rings. The lowest BCUT2D eigenvalue weighted by atomic mass is 10.1. The second-order valence-electron chi connectivity index (χ2n) is 7.36. The second-order valence-corrected chi connectivity index (χ2v) is 7.75. The van der Waals surface area contributed by atoms with Gasteiger partial charge in [0.2, 0.25) is 0 Å². The number of amides is 1. The highest BCUT2D eigenvalue weighted by Crippen LogP contribution is 2.27. The number of hydrogen-bond acceptors (Lipinski definition) is 5. The third-order valence-electron chi connectivity index (χ3n) is 5.33. The fraction of sp³-hybridized carbons (Fsp3) is 0.160. The first-order chi connectivity index (χ1) is 16.0. The van der Waals surface area contributed by atoms with Gasteiger partial charge in [-0.05, 0) is 54.5 Å². The molecule has 1 heterocycles. The van der Waals surface area contributed by atoms with Crippen LogP contribution in [0.1, 0.15) is 15.9 Å². The molecule has 1 aromatic heterocycles. The van der Waals surface area contributed by atoms with Crippen LogP contribution in [0.25, 0.3) is 16.6 Å². The van der Waals surface area contributed by atoms with E-state index in [2.05, 4.69) is 10.3 Å². The van der Waals surface area contributed by atoms with Crippen molar-refractivity contribution in [2.45, 2.75) is 6.42 Å². The van der Waals surface area contributed by atoms with Crippen LogP contribution in [0.3, 0.4) is 0 Å². The van der Waals surface area contributed by atoms with E-state index in [-0.39, 0.29) is 16.2 Å². The second kappa shape index (κ2) is 9.70. The highest BCUT2D eigenvalue weighted by Gasteiger charge is 2.14. The number of rotatable bonds is 7. The maximum absolute atomic E-state index is 13.3. The van der Waals surface area contributed by atoms with Gasteiger partial charge in [0, 0.05) is 18.2 Å². The van der Waals surface area contributed by atoms with Gasteiger partial charge in [0.05, 0.1) is 30.8 Å². The van der Waals surface area contributed by atoms with Crippen molar-refractivity contribution in [1.82, 2.24) is 14.9 Å². The van der Waals surface area contributed by atoms with Crippen molar-refractivity contribution in [3.63, 3.8) is 0 Å². The van der Waals surface area contributed by atoms with Gasteiger partial charge in [-0.25, -0.2) is 4.57 Å². The Bertz CT molecular complexity index is 1430. The van der Waals surface area contributed by atoms with Crippen LogP contribution in [0, 0.1) is 4.77 Å². The van der Waals surface area contributed by atoms with Gasteiger partial charge in [-0.15, -0.1) is 0 Å². The van der Waals surface area contributed by atoms with Crippen LogP contribution in [0.2, 0.25) is 0 Å². The molecule has 0 saturated carbocycles. The lowest BCUT2D eigenvalue weighted by Crippen LogP contribution is -2.26. The Balaban J connectivity index is 1.63. The van der Waals surface area contributed by atoms with E-state index in [0.29, 0.717) is 40.2 Å². The number of fused-ring (bicyclic) bond motifs is 1. The number of carbonyl (C=O) groups excluding carboxylic acids is 1. The maximum atomic E-state index is 13.3. The van der Waals surface area contributed by atoms with Gasteiger partial charge < -0.3 is 19.8 Å². The summed E-state index contributed by atoms with van der Waals surface area (Å²) < 4.78 is 12.2. The molecule has 0 fully saturated rings. The molecule has 0 spiro atoms. The van der Waals surface area contributed by atoms with Crippen molar-refractivity contribution in [1.29, 1.82) is 0 Å². The van der Waals surface area contributed by atoms with Crippen molar-refractivity contribution in [2.75, 3.05) is 20.8 Å². The Kier molecular flexibility index (Phi) is 6.55. The zero-order valence-electron chi connectivity index (χ0n) is 18.3. The summed E-state index contributed by atoms with van der Waals surface area (Å²) in [6, 6.07) is 20.0. The zero-order valence-corrected chi connectivity index (χ0v) is 19.1. The molecule has 0 saturated heterocycles. The van der Waals surface area contributed by atoms with Crippen molar-refractivity contribution in [3.05, 3.63) is 93.0 Å². The third-order valence-corrected chi connectivity index (χ3v) is 5.61. The van der Waals surface area contributed by atoms with Crippen molar-refractivity contribution < 1.29 is 14.3 Å². The Labute approximate surface area is 195 Å². The minimum absolute atomic E-state index is 0.192. The first kappa shape index (κ1) is 22.3. The number of benzene rings is 3. The maximum Gasteiger partial charge on any atom is 0.266 e. The third kappa shape index (κ3) is 4.65. The van der Waals surface area contributed by atoms with E-state index in [1.807, 2.05) is 30.3 Å². The summed E-state index contributed by atoms with van der Waals surface area (Å²) >= 11 is 5.47. The number of nitrogens with zero attached hydrogens (tertiary/aromatic N) is 1. The molecule has 0 aliphatic carbocycles. The number of methoxy groups -OCH3 is 2. The summed E-state index contributed by atoms with van der Waals surface area (Å²) in [5.41, 5.74) is 2.27. The molecule has 0 aliphatic heterocycles. The fourth-order valence-corrected chi connectivity index (χ4v) is 3.91. The van der Waals surface area contributed by atoms with Gasteiger partial charge >= 0.3 is 0 Å². The summed E-state index contributed by atoms with van der Waals surface area (Å²) in [5, 5.41) is 3.32. The van der Waals surface area contributed by atoms with E-state index in [4.69, 9.17) is 21.7 Å². The molecule has 7 nitrogen and oxygen atoms in total. The van der Waals surface area contributed by atoms with Gasteiger partial charge in [-0.3, -0.25) is 9.59 Å². The molecule has 1 amide bonds. The quantitative estimate of drug-likeness (QED) is 0.406. The van der Waals surface area contributed by atoms with Crippen LogP contribution >= 0.6 is 12.2 Å². The normalized spacial score (nSPS) is 10.7. The number of aromatic amines is 1. The monoisotopic (exact) mass is 461 g/mol. The summed E-state index contributed by atoms with van der Waals surface area (Å²) in [6.45, 7) is 0.510. The van der Waals surface area contributed by atoms with E-state index in [0.717, 1.165) is 12.0 Å². The lowest BCUT2D eigenvalue weighted by molar-refractivity contribution is 0.0954. The topological polar surface area (TPSA) is 85.4 Å². The molecular formula is C25H23N3O4S. The van der Waals surface area contributed by atoms with Crippen molar-refractivity contribution in [2.24, 2.45) is 0 Å². The van der Waals surface area contributed by atoms with Crippen molar-refractivity contribution >= 4 is 29.0 Å². The summed E-state index contributed by atoms with van der Waals surface area (Å²) in [7, 11) is 3.07. The standard InChI is InChI=1S/C25H23N3O4S/c1-31-18-9-11-21(22(15-18)32-2)28-24(30)19-10-8-17(14-20(19)27-25(28)33)23(29)26-13-12-16-6-4-3-5-7-16/h3-11,14-15H,12-13H2,1-2H3,(H,26,29)(H,27,33). The SMILES string of the molecule is COc1ccc(-n2c(=S)[nH]c3cc(C(=O)NCCc4ccccc4)ccc3c2=O)c(OC)c1. The predicted molar refractivity (Wildman–Crippen MR) is 130 cm³/mol. The van der Waals surface area contributed by atoms with Gasteiger partial charge in [-0.2, -0.15) is 0 Å². The van der Waals surface area contributed by atoms with Crippen LogP contribution in [0.4, 0.5) is 0 Å². The van der Waals surface area contributed by atoms with Crippen LogP contribution in [0.15, 0.2) is 71.5 Å². The molecule has 0 atom stereocenters. The Morgan fingerprint density at radius 3 is 2.55 bits per heavy atom. The number of hydrogen-bond donors (Lipinski definition) is 2. The first-order valence-corrected chi connectivity index (χ1v) is 10.8. The van der Waals surface area contributed by atoms with Crippen molar-refractivity contribution in [3.8, 4) is 17.2 Å². The summed E-state index contributed by atoms with van der Waals surface area (Å²) in [5.74, 6) is 0.833. The molecule has 2 N–H and O–H groups in total. The minimum Gasteiger partial charge on any atom is -0.497 e. The van der Waals surface area contributed by atoms with Crippen LogP contribution in [-0.4, -0.2) is 36.2 Å². The molecule has 0 radical (unpaired) electrons. The predicted octanol–water partition coefficient (Wildman–Crippen LogP) is 4.04. The molecule has 0 unspecified atom stereocenters. The minimum atomic E-state index is -0.312. The number of H-pyrrole nitrogens is 1. The van der Waals surface area contributed by atoms with Gasteiger partial charge in [-0.1, -0.05) is 30.3 Å². The van der Waals surface area contributed by atoms with E-state index in [1.165, 1.54) is 11.7 Å². The summed E-state index contributed by atoms with van der Waals surface area (Å²) in [4.78, 5) is 29.0. The van der Waals surface area contributed by atoms with E-state index in [1.54, 1.807) is 43.5 Å². The van der Waals surface area contributed by atoms with E-state index >= 15 is 0 Å². The molecule has 3 aromatic carbocycles. The highest BCUT2D eigenvalue weighted by atomic mass is 32.1. The molecule has 4 rings (SSSR count). The molecule has 8 heteroatoms. The number of aromatic nitrogens is 2. The lowest BCUT2D eigenvalue weighted by Gasteiger charge is -2.13. The van der Waals surface area contributed by atoms with Gasteiger partial charge in [0.25, 0.3) is 11.5 Å². The average Bonchev–Trinajstić information content (AvgIpc) is 2.84. The van der Waals surface area contributed by atoms with Crippen LogP contribution in [-0.2, 0) is 6.42 Å².